The van der Waals surface area contributed by atoms with E-state index >= 15 is 4.39 Å². The second-order valence-corrected chi connectivity index (χ2v) is 15.5. The number of terminal acetylenes is 1. The van der Waals surface area contributed by atoms with E-state index in [1.165, 1.54) is 43.5 Å². The number of pyridine rings is 1. The Morgan fingerprint density at radius 2 is 1.81 bits per heavy atom. The van der Waals surface area contributed by atoms with Crippen LogP contribution in [-0.2, 0) is 9.47 Å². The van der Waals surface area contributed by atoms with Gasteiger partial charge in [-0.05, 0) is 94.3 Å². The normalized spacial score (nSPS) is 28.1. The summed E-state index contributed by atoms with van der Waals surface area (Å²) < 4.78 is 50.4. The molecule has 272 valence electrons. The number of likely N-dealkylation sites (tertiary alicyclic amines) is 1. The number of phenols is 1. The van der Waals surface area contributed by atoms with Crippen LogP contribution < -0.4 is 9.64 Å². The molecule has 4 aromatic rings. The van der Waals surface area contributed by atoms with Crippen LogP contribution >= 0.6 is 0 Å². The highest BCUT2D eigenvalue weighted by Gasteiger charge is 2.51. The van der Waals surface area contributed by atoms with Gasteiger partial charge in [0.15, 0.2) is 5.82 Å². The van der Waals surface area contributed by atoms with E-state index < -0.39 is 11.6 Å². The second kappa shape index (κ2) is 13.4. The van der Waals surface area contributed by atoms with E-state index in [1.54, 1.807) is 6.20 Å². The highest BCUT2D eigenvalue weighted by molar-refractivity contribution is 6.03. The quantitative estimate of drug-likeness (QED) is 0.210. The van der Waals surface area contributed by atoms with Gasteiger partial charge in [-0.1, -0.05) is 18.4 Å². The number of rotatable bonds is 6. The fourth-order valence-electron chi connectivity index (χ4n) is 10.1. The summed E-state index contributed by atoms with van der Waals surface area (Å²) in [5.74, 6) is 1.50. The summed E-state index contributed by atoms with van der Waals surface area (Å²) in [5, 5.41) is 11.8. The Hall–Kier alpha value is -4.11. The van der Waals surface area contributed by atoms with E-state index in [0.717, 1.165) is 64.5 Å². The Kier molecular flexibility index (Phi) is 8.68. The van der Waals surface area contributed by atoms with Gasteiger partial charge in [-0.25, -0.2) is 8.78 Å². The summed E-state index contributed by atoms with van der Waals surface area (Å²) in [6.07, 6.45) is 19.6. The Morgan fingerprint density at radius 1 is 0.962 bits per heavy atom. The van der Waals surface area contributed by atoms with Crippen molar-refractivity contribution >= 4 is 27.5 Å². The molecular formula is C41H45F2N5O4. The zero-order valence-electron chi connectivity index (χ0n) is 29.5. The first-order valence-corrected chi connectivity index (χ1v) is 19.0. The Morgan fingerprint density at radius 3 is 2.62 bits per heavy atom. The monoisotopic (exact) mass is 709 g/mol. The molecule has 9 rings (SSSR count). The molecule has 11 heteroatoms. The van der Waals surface area contributed by atoms with Crippen molar-refractivity contribution in [3.8, 4) is 35.4 Å². The number of aromatic nitrogens is 3. The van der Waals surface area contributed by atoms with Gasteiger partial charge in [-0.2, -0.15) is 9.97 Å². The number of fused-ring (bicyclic) bond motifs is 3. The maximum absolute atomic E-state index is 17.0. The number of anilines is 1. The van der Waals surface area contributed by atoms with Gasteiger partial charge in [0.1, 0.15) is 28.6 Å². The largest absolute Gasteiger partial charge is 0.508 e. The predicted octanol–water partition coefficient (Wildman–Crippen LogP) is 7.15. The lowest BCUT2D eigenvalue weighted by atomic mass is 9.72. The fourth-order valence-corrected chi connectivity index (χ4v) is 10.1. The number of phenolic OH excluding ortho intramolecular Hbond substituents is 1. The number of nitrogens with zero attached hydrogens (tertiary/aromatic N) is 5. The van der Waals surface area contributed by atoms with Crippen molar-refractivity contribution in [1.29, 1.82) is 0 Å². The van der Waals surface area contributed by atoms with Gasteiger partial charge in [0.05, 0.1) is 36.4 Å². The molecule has 5 heterocycles. The fraction of sp³-hybridized carbons (Fsp3) is 0.537. The van der Waals surface area contributed by atoms with Crippen molar-refractivity contribution in [1.82, 2.24) is 19.9 Å². The van der Waals surface area contributed by atoms with Crippen molar-refractivity contribution in [2.75, 3.05) is 51.0 Å². The molecule has 1 spiro atoms. The smallest absolute Gasteiger partial charge is 0.319 e. The van der Waals surface area contributed by atoms with Crippen molar-refractivity contribution < 1.29 is 28.1 Å². The van der Waals surface area contributed by atoms with Gasteiger partial charge < -0.3 is 24.2 Å². The summed E-state index contributed by atoms with van der Waals surface area (Å²) >= 11 is 0. The molecule has 5 aliphatic rings. The van der Waals surface area contributed by atoms with Gasteiger partial charge in [-0.3, -0.25) is 9.88 Å². The first-order valence-electron chi connectivity index (χ1n) is 19.0. The number of halogens is 2. The van der Waals surface area contributed by atoms with E-state index in [4.69, 9.17) is 30.6 Å². The van der Waals surface area contributed by atoms with Crippen molar-refractivity contribution in [3.63, 3.8) is 0 Å². The molecule has 5 fully saturated rings. The molecule has 2 atom stereocenters. The van der Waals surface area contributed by atoms with E-state index in [1.807, 2.05) is 0 Å². The van der Waals surface area contributed by atoms with Crippen molar-refractivity contribution in [2.24, 2.45) is 5.41 Å². The molecule has 2 aliphatic carbocycles. The van der Waals surface area contributed by atoms with E-state index in [0.29, 0.717) is 67.0 Å². The lowest BCUT2D eigenvalue weighted by Crippen LogP contribution is -2.58. The molecule has 2 aromatic heterocycles. The van der Waals surface area contributed by atoms with Crippen LogP contribution in [-0.4, -0.2) is 88.7 Å². The molecule has 1 N–H and O–H groups in total. The molecular weight excluding hydrogens is 664 g/mol. The zero-order chi connectivity index (χ0) is 35.5. The predicted molar refractivity (Wildman–Crippen MR) is 195 cm³/mol. The summed E-state index contributed by atoms with van der Waals surface area (Å²) in [6, 6.07) is 6.72. The van der Waals surface area contributed by atoms with Gasteiger partial charge >= 0.3 is 6.01 Å². The molecule has 52 heavy (non-hydrogen) atoms. The van der Waals surface area contributed by atoms with E-state index in [9.17, 15) is 9.50 Å². The van der Waals surface area contributed by atoms with Crippen LogP contribution in [0.3, 0.4) is 0 Å². The van der Waals surface area contributed by atoms with Gasteiger partial charge in [-0.15, -0.1) is 6.42 Å². The summed E-state index contributed by atoms with van der Waals surface area (Å²) in [5.41, 5.74) is 0.232. The molecule has 2 aromatic carbocycles. The Bertz CT molecular complexity index is 2050. The van der Waals surface area contributed by atoms with Crippen LogP contribution in [0.15, 0.2) is 30.5 Å². The summed E-state index contributed by atoms with van der Waals surface area (Å²) in [6.45, 7) is 4.88. The Labute approximate surface area is 302 Å². The minimum Gasteiger partial charge on any atom is -0.508 e. The lowest BCUT2D eigenvalue weighted by molar-refractivity contribution is -0.175. The van der Waals surface area contributed by atoms with Gasteiger partial charge in [0, 0.05) is 54.3 Å². The van der Waals surface area contributed by atoms with Crippen molar-refractivity contribution in [2.45, 2.75) is 88.3 Å². The average Bonchev–Trinajstić information content (AvgIpc) is 3.40. The third-order valence-corrected chi connectivity index (χ3v) is 12.8. The second-order valence-electron chi connectivity index (χ2n) is 15.5. The van der Waals surface area contributed by atoms with Crippen molar-refractivity contribution in [3.05, 3.63) is 47.7 Å². The van der Waals surface area contributed by atoms with E-state index in [2.05, 4.69) is 20.7 Å². The molecule has 3 saturated heterocycles. The minimum absolute atomic E-state index is 0.0204. The van der Waals surface area contributed by atoms with Crippen LogP contribution in [0.5, 0.6) is 11.8 Å². The van der Waals surface area contributed by atoms with E-state index in [-0.39, 0.29) is 45.1 Å². The van der Waals surface area contributed by atoms with Crippen LogP contribution in [0.1, 0.15) is 76.2 Å². The molecule has 3 aliphatic heterocycles. The highest BCUT2D eigenvalue weighted by atomic mass is 19.1. The molecule has 2 saturated carbocycles. The molecule has 0 unspecified atom stereocenters. The van der Waals surface area contributed by atoms with Crippen LogP contribution in [0.2, 0.25) is 0 Å². The lowest BCUT2D eigenvalue weighted by Gasteiger charge is -2.53. The van der Waals surface area contributed by atoms with Crippen LogP contribution in [0.4, 0.5) is 14.6 Å². The van der Waals surface area contributed by atoms with Gasteiger partial charge in [0.25, 0.3) is 0 Å². The standard InChI is InChI=1S/C41H45F2N5O4/c1-2-29-32(42)8-7-26-22-28(49)23-30(34(26)29)36-35(43)37-31(24-44-36)38(47-16-5-19-50-21-18-47)46-39(45-37)51-25-40-11-3-6-33(40)48(17-4-12-40)27-9-13-41(14-10-27)15-20-52-41/h1,7-8,22-24,27,33,49H,3-6,9-21,25H2/t27?,33-,40-,41?/m1/s1. The van der Waals surface area contributed by atoms with Crippen LogP contribution in [0.25, 0.3) is 32.9 Å². The number of hydrogen-bond donors (Lipinski definition) is 1. The number of ether oxygens (including phenoxy) is 3. The maximum atomic E-state index is 17.0. The number of aromatic hydroxyl groups is 1. The first kappa shape index (κ1) is 33.7. The topological polar surface area (TPSA) is 93.1 Å². The van der Waals surface area contributed by atoms with Gasteiger partial charge in [0.2, 0.25) is 0 Å². The SMILES string of the molecule is C#Cc1c(F)ccc2cc(O)cc(-c3ncc4c(N5CCCOCC5)nc(OC[C@]56CCC[C@H]5N(C5CCC7(CCO7)CC5)CCC6)nc4c3F)c12. The third-order valence-electron chi connectivity index (χ3n) is 12.8. The highest BCUT2D eigenvalue weighted by Crippen LogP contribution is 2.51. The zero-order valence-corrected chi connectivity index (χ0v) is 29.5. The Balaban J connectivity index is 1.08. The maximum Gasteiger partial charge on any atom is 0.319 e. The minimum atomic E-state index is -0.720. The molecule has 9 nitrogen and oxygen atoms in total. The average molecular weight is 710 g/mol. The molecule has 0 amide bonds. The number of piperidine rings is 1. The summed E-state index contributed by atoms with van der Waals surface area (Å²) in [7, 11) is 0. The number of benzene rings is 2. The molecule has 0 bridgehead atoms. The third kappa shape index (κ3) is 5.74. The summed E-state index contributed by atoms with van der Waals surface area (Å²) in [4.78, 5) is 19.1. The first-order chi connectivity index (χ1) is 25.4. The molecule has 0 radical (unpaired) electrons. The number of hydrogen-bond acceptors (Lipinski definition) is 9. The van der Waals surface area contributed by atoms with Crippen LogP contribution in [0, 0.1) is 29.4 Å².